The van der Waals surface area contributed by atoms with Crippen LogP contribution in [0.25, 0.3) is 0 Å². The number of fused-ring (bicyclic) bond motifs is 3. The van der Waals surface area contributed by atoms with Gasteiger partial charge in [-0.1, -0.05) is 0 Å². The van der Waals surface area contributed by atoms with Crippen molar-refractivity contribution in [3.63, 3.8) is 0 Å². The summed E-state index contributed by atoms with van der Waals surface area (Å²) in [6, 6.07) is 5.45. The van der Waals surface area contributed by atoms with Gasteiger partial charge < -0.3 is 5.32 Å². The van der Waals surface area contributed by atoms with Gasteiger partial charge in [-0.3, -0.25) is 9.80 Å². The van der Waals surface area contributed by atoms with Gasteiger partial charge >= 0.3 is 6.18 Å². The van der Waals surface area contributed by atoms with Crippen molar-refractivity contribution in [2.24, 2.45) is 0 Å². The Bertz CT molecular complexity index is 585. The number of halogens is 3. The number of nitrogens with zero attached hydrogens (tertiary/aromatic N) is 3. The number of rotatable bonds is 3. The van der Waals surface area contributed by atoms with Crippen molar-refractivity contribution in [2.45, 2.75) is 12.2 Å². The van der Waals surface area contributed by atoms with Gasteiger partial charge in [-0.25, -0.2) is 0 Å². The first-order chi connectivity index (χ1) is 10.5. The van der Waals surface area contributed by atoms with Crippen LogP contribution < -0.4 is 5.32 Å². The highest BCUT2D eigenvalue weighted by Crippen LogP contribution is 2.31. The molecule has 0 spiro atoms. The Hall–Kier alpha value is -1.78. The maximum Gasteiger partial charge on any atom is 0.416 e. The van der Waals surface area contributed by atoms with E-state index >= 15 is 0 Å². The summed E-state index contributed by atoms with van der Waals surface area (Å²) in [6.45, 7) is 5.83. The molecule has 1 atom stereocenters. The van der Waals surface area contributed by atoms with E-state index in [1.165, 1.54) is 6.07 Å². The molecule has 4 rings (SSSR count). The van der Waals surface area contributed by atoms with Crippen LogP contribution in [0.4, 0.5) is 18.9 Å². The van der Waals surface area contributed by atoms with Crippen LogP contribution in [0, 0.1) is 11.3 Å². The Morgan fingerprint density at radius 3 is 2.50 bits per heavy atom. The van der Waals surface area contributed by atoms with Crippen molar-refractivity contribution >= 4 is 5.69 Å². The average molecular weight is 310 g/mol. The lowest BCUT2D eigenvalue weighted by Crippen LogP contribution is -2.62. The smallest absolute Gasteiger partial charge is 0.382 e. The molecule has 1 aromatic carbocycles. The zero-order valence-electron chi connectivity index (χ0n) is 12.0. The summed E-state index contributed by atoms with van der Waals surface area (Å²) in [6.07, 6.45) is -4.42. The van der Waals surface area contributed by atoms with Crippen LogP contribution >= 0.6 is 0 Å². The van der Waals surface area contributed by atoms with Gasteiger partial charge in [-0.2, -0.15) is 18.4 Å². The molecule has 3 saturated heterocycles. The van der Waals surface area contributed by atoms with E-state index in [9.17, 15) is 13.2 Å². The molecule has 3 aliphatic rings. The summed E-state index contributed by atoms with van der Waals surface area (Å²) in [4.78, 5) is 4.79. The predicted molar refractivity (Wildman–Crippen MR) is 76.4 cm³/mol. The fourth-order valence-electron chi connectivity index (χ4n) is 3.11. The lowest BCUT2D eigenvalue weighted by molar-refractivity contribution is -0.137. The topological polar surface area (TPSA) is 42.3 Å². The Morgan fingerprint density at radius 2 is 1.95 bits per heavy atom. The van der Waals surface area contributed by atoms with E-state index in [4.69, 9.17) is 5.26 Å². The van der Waals surface area contributed by atoms with Crippen LogP contribution in [-0.4, -0.2) is 55.1 Å². The number of anilines is 1. The van der Waals surface area contributed by atoms with Crippen LogP contribution in [0.2, 0.25) is 0 Å². The van der Waals surface area contributed by atoms with Crippen molar-refractivity contribution in [2.75, 3.05) is 44.6 Å². The van der Waals surface area contributed by atoms with Crippen molar-refractivity contribution in [3.8, 4) is 6.07 Å². The quantitative estimate of drug-likeness (QED) is 0.927. The second-order valence-electron chi connectivity index (χ2n) is 5.74. The van der Waals surface area contributed by atoms with E-state index in [1.807, 2.05) is 6.07 Å². The molecule has 2 bridgehead atoms. The lowest BCUT2D eigenvalue weighted by atomic mass is 10.1. The van der Waals surface area contributed by atoms with Gasteiger partial charge in [0.15, 0.2) is 0 Å². The minimum absolute atomic E-state index is 0.0334. The second kappa shape index (κ2) is 5.78. The molecule has 0 saturated carbocycles. The zero-order chi connectivity index (χ0) is 15.7. The number of piperazine rings is 3. The fraction of sp³-hybridized carbons (Fsp3) is 0.533. The van der Waals surface area contributed by atoms with Gasteiger partial charge in [0.25, 0.3) is 0 Å². The third-order valence-electron chi connectivity index (χ3n) is 4.39. The first-order valence-electron chi connectivity index (χ1n) is 7.29. The van der Waals surface area contributed by atoms with Crippen LogP contribution in [-0.2, 0) is 6.18 Å². The van der Waals surface area contributed by atoms with Crippen LogP contribution in [0.1, 0.15) is 11.1 Å². The standard InChI is InChI=1S/C15H17F3N4/c16-15(17,18)12-1-2-14(11(7-12)8-19)20-9-13-10-21-3-5-22(13)6-4-21/h1-2,7,13,20H,3-6,9-10H2. The molecule has 0 aromatic heterocycles. The maximum atomic E-state index is 12.7. The van der Waals surface area contributed by atoms with E-state index in [0.29, 0.717) is 18.3 Å². The first-order valence-corrected chi connectivity index (χ1v) is 7.29. The normalized spacial score (nSPS) is 27.5. The molecule has 22 heavy (non-hydrogen) atoms. The van der Waals surface area contributed by atoms with Crippen LogP contribution in [0.15, 0.2) is 18.2 Å². The molecule has 1 aromatic rings. The Morgan fingerprint density at radius 1 is 1.23 bits per heavy atom. The number of nitrogens with one attached hydrogen (secondary N) is 1. The molecule has 3 aliphatic heterocycles. The summed E-state index contributed by atoms with van der Waals surface area (Å²) in [7, 11) is 0. The Kier molecular flexibility index (Phi) is 3.98. The molecular weight excluding hydrogens is 293 g/mol. The fourth-order valence-corrected chi connectivity index (χ4v) is 3.11. The second-order valence-corrected chi connectivity index (χ2v) is 5.74. The van der Waals surface area contributed by atoms with Crippen molar-refractivity contribution in [1.82, 2.24) is 9.80 Å². The number of nitriles is 1. The van der Waals surface area contributed by atoms with Crippen molar-refractivity contribution in [3.05, 3.63) is 29.3 Å². The van der Waals surface area contributed by atoms with Gasteiger partial charge in [0, 0.05) is 45.3 Å². The molecule has 0 radical (unpaired) electrons. The molecule has 0 amide bonds. The number of hydrogen-bond acceptors (Lipinski definition) is 4. The number of hydrogen-bond donors (Lipinski definition) is 1. The van der Waals surface area contributed by atoms with E-state index in [-0.39, 0.29) is 5.56 Å². The van der Waals surface area contributed by atoms with Gasteiger partial charge in [-0.15, -0.1) is 0 Å². The maximum absolute atomic E-state index is 12.7. The largest absolute Gasteiger partial charge is 0.416 e. The summed E-state index contributed by atoms with van der Waals surface area (Å²) in [5.41, 5.74) is -0.291. The monoisotopic (exact) mass is 310 g/mol. The lowest BCUT2D eigenvalue weighted by Gasteiger charge is -2.47. The minimum Gasteiger partial charge on any atom is -0.382 e. The summed E-state index contributed by atoms with van der Waals surface area (Å²) in [5.74, 6) is 0. The highest BCUT2D eigenvalue weighted by Gasteiger charge is 2.32. The molecule has 118 valence electrons. The molecule has 0 aliphatic carbocycles. The molecule has 1 unspecified atom stereocenters. The summed E-state index contributed by atoms with van der Waals surface area (Å²) in [5, 5.41) is 12.2. The number of alkyl halides is 3. The molecule has 3 heterocycles. The third kappa shape index (κ3) is 3.03. The Balaban J connectivity index is 1.69. The SMILES string of the molecule is N#Cc1cc(C(F)(F)F)ccc1NCC1CN2CCN1CC2. The van der Waals surface area contributed by atoms with Crippen LogP contribution in [0.5, 0.6) is 0 Å². The molecule has 7 heteroatoms. The van der Waals surface area contributed by atoms with Crippen molar-refractivity contribution in [1.29, 1.82) is 5.26 Å². The highest BCUT2D eigenvalue weighted by atomic mass is 19.4. The summed E-state index contributed by atoms with van der Waals surface area (Å²) >= 11 is 0. The zero-order valence-corrected chi connectivity index (χ0v) is 12.0. The van der Waals surface area contributed by atoms with E-state index < -0.39 is 11.7 Å². The van der Waals surface area contributed by atoms with E-state index in [0.717, 1.165) is 44.9 Å². The highest BCUT2D eigenvalue weighted by molar-refractivity contribution is 5.59. The number of benzene rings is 1. The molecule has 4 nitrogen and oxygen atoms in total. The Labute approximate surface area is 127 Å². The van der Waals surface area contributed by atoms with Gasteiger partial charge in [0.05, 0.1) is 16.8 Å². The van der Waals surface area contributed by atoms with E-state index in [1.54, 1.807) is 0 Å². The molecular formula is C15H17F3N4. The predicted octanol–water partition coefficient (Wildman–Crippen LogP) is 1.99. The van der Waals surface area contributed by atoms with Crippen LogP contribution in [0.3, 0.4) is 0 Å². The van der Waals surface area contributed by atoms with E-state index in [2.05, 4.69) is 15.1 Å². The molecule has 1 N–H and O–H groups in total. The van der Waals surface area contributed by atoms with Crippen molar-refractivity contribution < 1.29 is 13.2 Å². The van der Waals surface area contributed by atoms with Gasteiger partial charge in [0.1, 0.15) is 6.07 Å². The third-order valence-corrected chi connectivity index (χ3v) is 4.39. The van der Waals surface area contributed by atoms with Gasteiger partial charge in [0.2, 0.25) is 0 Å². The minimum atomic E-state index is -4.42. The molecule has 3 fully saturated rings. The summed E-state index contributed by atoms with van der Waals surface area (Å²) < 4.78 is 38.0. The average Bonchev–Trinajstić information content (AvgIpc) is 2.53. The van der Waals surface area contributed by atoms with Gasteiger partial charge in [-0.05, 0) is 18.2 Å². The first kappa shape index (κ1) is 15.1.